The van der Waals surface area contributed by atoms with Crippen LogP contribution in [0.2, 0.25) is 0 Å². The maximum absolute atomic E-state index is 10.2. The first-order valence-electron chi connectivity index (χ1n) is 4.90. The van der Waals surface area contributed by atoms with Gasteiger partial charge in [-0.1, -0.05) is 0 Å². The van der Waals surface area contributed by atoms with Crippen molar-refractivity contribution >= 4 is 22.0 Å². The number of methoxy groups -OCH3 is 1. The Balaban J connectivity index is 3.46. The smallest absolute Gasteiger partial charge is 0.235 e. The van der Waals surface area contributed by atoms with Crippen LogP contribution in [0.5, 0.6) is 5.75 Å². The van der Waals surface area contributed by atoms with Gasteiger partial charge in [-0.3, -0.25) is 0 Å². The number of hydrogen-bond acceptors (Lipinski definition) is 3. The summed E-state index contributed by atoms with van der Waals surface area (Å²) in [5.41, 5.74) is 4.28. The lowest BCUT2D eigenvalue weighted by Crippen LogP contribution is -2.00. The molecule has 0 unspecified atom stereocenters. The van der Waals surface area contributed by atoms with Gasteiger partial charge in [0, 0.05) is 0 Å². The van der Waals surface area contributed by atoms with E-state index < -0.39 is 0 Å². The largest absolute Gasteiger partial charge is 0.495 e. The monoisotopic (exact) mass is 283 g/mol. The van der Waals surface area contributed by atoms with Crippen molar-refractivity contribution in [2.75, 3.05) is 7.11 Å². The van der Waals surface area contributed by atoms with Gasteiger partial charge in [-0.05, 0) is 59.0 Å². The third-order valence-electron chi connectivity index (χ3n) is 2.84. The predicted molar refractivity (Wildman–Crippen MR) is 66.7 cm³/mol. The molecule has 86 valence electrons. The van der Waals surface area contributed by atoms with Gasteiger partial charge in [0.25, 0.3) is 0 Å². The van der Waals surface area contributed by atoms with Gasteiger partial charge in [0.15, 0.2) is 0 Å². The Morgan fingerprint density at radius 1 is 1.25 bits per heavy atom. The summed E-state index contributed by atoms with van der Waals surface area (Å²) in [5.74, 6) is 0.842. The first-order chi connectivity index (χ1) is 7.54. The summed E-state index contributed by atoms with van der Waals surface area (Å²) in [6.07, 6.45) is 1.57. The number of carbonyl (C=O) groups excluding carboxylic acids is 1. The molecule has 0 aliphatic rings. The second-order valence-corrected chi connectivity index (χ2v) is 4.40. The second kappa shape index (κ2) is 5.28. The van der Waals surface area contributed by atoms with Crippen LogP contribution in [-0.2, 0) is 11.3 Å². The van der Waals surface area contributed by atoms with Gasteiger partial charge >= 0.3 is 0 Å². The van der Waals surface area contributed by atoms with E-state index in [1.807, 2.05) is 20.8 Å². The molecular weight excluding hydrogens is 270 g/mol. The maximum atomic E-state index is 10.2. The molecule has 0 bridgehead atoms. The third kappa shape index (κ3) is 2.18. The quantitative estimate of drug-likeness (QED) is 0.631. The Morgan fingerprint density at radius 2 is 1.88 bits per heavy atom. The third-order valence-corrected chi connectivity index (χ3v) is 3.80. The van der Waals surface area contributed by atoms with Crippen molar-refractivity contribution in [2.45, 2.75) is 27.3 Å². The van der Waals surface area contributed by atoms with Gasteiger partial charge in [0.1, 0.15) is 5.75 Å². The zero-order valence-corrected chi connectivity index (χ0v) is 11.4. The van der Waals surface area contributed by atoms with E-state index in [1.165, 1.54) is 0 Å². The Labute approximate surface area is 104 Å². The Kier molecular flexibility index (Phi) is 4.27. The number of hydrogen-bond donors (Lipinski definition) is 0. The summed E-state index contributed by atoms with van der Waals surface area (Å²) in [6.45, 7) is 6.35. The summed E-state index contributed by atoms with van der Waals surface area (Å²) >= 11 is 3.50. The Hall–Kier alpha value is -1.12. The van der Waals surface area contributed by atoms with E-state index >= 15 is 0 Å². The van der Waals surface area contributed by atoms with E-state index in [4.69, 9.17) is 4.74 Å². The van der Waals surface area contributed by atoms with Gasteiger partial charge in [-0.25, -0.2) is 9.79 Å². The van der Waals surface area contributed by atoms with Gasteiger partial charge in [-0.15, -0.1) is 0 Å². The van der Waals surface area contributed by atoms with Crippen molar-refractivity contribution in [3.05, 3.63) is 26.7 Å². The summed E-state index contributed by atoms with van der Waals surface area (Å²) in [7, 11) is 1.65. The first kappa shape index (κ1) is 12.9. The molecule has 0 radical (unpaired) electrons. The predicted octanol–water partition coefficient (Wildman–Crippen LogP) is 3.22. The highest BCUT2D eigenvalue weighted by Gasteiger charge is 2.15. The van der Waals surface area contributed by atoms with Crippen molar-refractivity contribution < 1.29 is 9.53 Å². The average Bonchev–Trinajstić information content (AvgIpc) is 2.27. The summed E-state index contributed by atoms with van der Waals surface area (Å²) < 4.78 is 6.27. The molecule has 0 saturated heterocycles. The lowest BCUT2D eigenvalue weighted by atomic mass is 9.97. The molecule has 0 heterocycles. The lowest BCUT2D eigenvalue weighted by Gasteiger charge is -2.17. The fourth-order valence-electron chi connectivity index (χ4n) is 1.74. The molecule has 0 N–H and O–H groups in total. The van der Waals surface area contributed by atoms with E-state index in [1.54, 1.807) is 13.2 Å². The van der Waals surface area contributed by atoms with Gasteiger partial charge in [0.2, 0.25) is 6.08 Å². The summed E-state index contributed by atoms with van der Waals surface area (Å²) in [6, 6.07) is 0. The molecule has 1 rings (SSSR count). The molecule has 16 heavy (non-hydrogen) atoms. The van der Waals surface area contributed by atoms with Crippen molar-refractivity contribution in [1.82, 2.24) is 0 Å². The van der Waals surface area contributed by atoms with Gasteiger partial charge < -0.3 is 4.74 Å². The maximum Gasteiger partial charge on any atom is 0.235 e. The average molecular weight is 284 g/mol. The van der Waals surface area contributed by atoms with Crippen LogP contribution in [0.15, 0.2) is 9.47 Å². The van der Waals surface area contributed by atoms with Crippen LogP contribution < -0.4 is 4.74 Å². The second-order valence-electron chi connectivity index (χ2n) is 3.61. The van der Waals surface area contributed by atoms with Crippen LogP contribution in [0.25, 0.3) is 0 Å². The van der Waals surface area contributed by atoms with E-state index in [2.05, 4.69) is 20.9 Å². The van der Waals surface area contributed by atoms with Crippen LogP contribution in [0.1, 0.15) is 22.3 Å². The number of aliphatic imine (C=N–C) groups is 1. The molecule has 0 aromatic heterocycles. The van der Waals surface area contributed by atoms with Crippen LogP contribution in [0.3, 0.4) is 0 Å². The fraction of sp³-hybridized carbons (Fsp3) is 0.417. The van der Waals surface area contributed by atoms with Crippen LogP contribution in [0.4, 0.5) is 0 Å². The molecule has 3 nitrogen and oxygen atoms in total. The standard InChI is InChI=1S/C12H14BrNO2/c1-7-8(2)12(16-4)11(13)9(3)10(7)5-14-6-15/h5H2,1-4H3. The molecule has 0 aliphatic carbocycles. The molecule has 0 saturated carbocycles. The molecule has 1 aromatic carbocycles. The summed E-state index contributed by atoms with van der Waals surface area (Å²) in [4.78, 5) is 13.8. The fourth-order valence-corrected chi connectivity index (χ4v) is 2.44. The Morgan fingerprint density at radius 3 is 2.38 bits per heavy atom. The minimum atomic E-state index is 0.366. The number of nitrogens with zero attached hydrogens (tertiary/aromatic N) is 1. The van der Waals surface area contributed by atoms with Crippen LogP contribution in [0, 0.1) is 20.8 Å². The number of rotatable bonds is 3. The molecule has 0 fully saturated rings. The van der Waals surface area contributed by atoms with Crippen molar-refractivity contribution in [3.8, 4) is 5.75 Å². The first-order valence-corrected chi connectivity index (χ1v) is 5.69. The molecule has 0 amide bonds. The van der Waals surface area contributed by atoms with E-state index in [0.717, 1.165) is 32.5 Å². The van der Waals surface area contributed by atoms with Gasteiger partial charge in [-0.2, -0.15) is 0 Å². The number of isocyanates is 1. The lowest BCUT2D eigenvalue weighted by molar-refractivity contribution is 0.408. The van der Waals surface area contributed by atoms with Crippen LogP contribution in [-0.4, -0.2) is 13.2 Å². The zero-order valence-electron chi connectivity index (χ0n) is 9.85. The van der Waals surface area contributed by atoms with Crippen LogP contribution >= 0.6 is 15.9 Å². The highest BCUT2D eigenvalue weighted by Crippen LogP contribution is 2.37. The highest BCUT2D eigenvalue weighted by atomic mass is 79.9. The minimum Gasteiger partial charge on any atom is -0.495 e. The number of ether oxygens (including phenoxy) is 1. The topological polar surface area (TPSA) is 38.7 Å². The SMILES string of the molecule is COc1c(C)c(C)c(CN=C=O)c(C)c1Br. The van der Waals surface area contributed by atoms with Crippen molar-refractivity contribution in [1.29, 1.82) is 0 Å². The number of halogens is 1. The van der Waals surface area contributed by atoms with Crippen molar-refractivity contribution in [3.63, 3.8) is 0 Å². The number of benzene rings is 1. The highest BCUT2D eigenvalue weighted by molar-refractivity contribution is 9.10. The summed E-state index contributed by atoms with van der Waals surface area (Å²) in [5, 5.41) is 0. The molecular formula is C12H14BrNO2. The molecule has 0 spiro atoms. The molecule has 0 atom stereocenters. The normalized spacial score (nSPS) is 9.81. The molecule has 1 aromatic rings. The van der Waals surface area contributed by atoms with Gasteiger partial charge in [0.05, 0.1) is 18.1 Å². The van der Waals surface area contributed by atoms with Crippen molar-refractivity contribution in [2.24, 2.45) is 4.99 Å². The molecule has 4 heteroatoms. The van der Waals surface area contributed by atoms with E-state index in [9.17, 15) is 4.79 Å². The minimum absolute atomic E-state index is 0.366. The Bertz CT molecular complexity index is 434. The molecule has 0 aliphatic heterocycles. The van der Waals surface area contributed by atoms with E-state index in [0.29, 0.717) is 6.54 Å². The van der Waals surface area contributed by atoms with E-state index in [-0.39, 0.29) is 0 Å². The zero-order chi connectivity index (χ0) is 12.3.